The molecule has 2 aromatic carbocycles. The zero-order chi connectivity index (χ0) is 25.9. The highest BCUT2D eigenvalue weighted by atomic mass is 19.4. The van der Waals surface area contributed by atoms with Gasteiger partial charge in [0.2, 0.25) is 0 Å². The van der Waals surface area contributed by atoms with Gasteiger partial charge in [0.1, 0.15) is 5.75 Å². The first kappa shape index (κ1) is 25.1. The van der Waals surface area contributed by atoms with E-state index in [4.69, 9.17) is 9.47 Å². The summed E-state index contributed by atoms with van der Waals surface area (Å²) < 4.78 is 51.7. The molecule has 0 saturated carbocycles. The van der Waals surface area contributed by atoms with Gasteiger partial charge in [0, 0.05) is 6.20 Å². The van der Waals surface area contributed by atoms with Crippen LogP contribution in [-0.2, 0) is 23.9 Å². The van der Waals surface area contributed by atoms with Crippen LogP contribution in [0.15, 0.2) is 48.7 Å². The number of hydrogen-bond donors (Lipinski definition) is 2. The summed E-state index contributed by atoms with van der Waals surface area (Å²) in [6, 6.07) is 9.98. The van der Waals surface area contributed by atoms with Crippen LogP contribution >= 0.6 is 0 Å². The summed E-state index contributed by atoms with van der Waals surface area (Å²) in [5.74, 6) is -0.0105. The minimum absolute atomic E-state index is 0.0771. The van der Waals surface area contributed by atoms with Gasteiger partial charge < -0.3 is 20.1 Å². The van der Waals surface area contributed by atoms with E-state index in [1.54, 1.807) is 32.2 Å². The van der Waals surface area contributed by atoms with Crippen molar-refractivity contribution >= 4 is 17.7 Å². The number of carbonyl (C=O) groups is 2. The minimum atomic E-state index is -4.46. The van der Waals surface area contributed by atoms with Crippen molar-refractivity contribution in [1.82, 2.24) is 15.1 Å². The molecule has 1 atom stereocenters. The van der Waals surface area contributed by atoms with Crippen molar-refractivity contribution in [3.8, 4) is 5.75 Å². The monoisotopic (exact) mass is 502 g/mol. The first-order valence-corrected chi connectivity index (χ1v) is 11.3. The van der Waals surface area contributed by atoms with Crippen molar-refractivity contribution < 1.29 is 32.2 Å². The average molecular weight is 502 g/mol. The number of amides is 2. The molecule has 11 heteroatoms. The molecule has 0 fully saturated rings. The maximum Gasteiger partial charge on any atom is 0.416 e. The van der Waals surface area contributed by atoms with E-state index in [9.17, 15) is 22.8 Å². The van der Waals surface area contributed by atoms with Crippen LogP contribution in [0.3, 0.4) is 0 Å². The second kappa shape index (κ2) is 10.3. The van der Waals surface area contributed by atoms with Crippen molar-refractivity contribution in [1.29, 1.82) is 0 Å². The molecule has 0 radical (unpaired) electrons. The van der Waals surface area contributed by atoms with Crippen LogP contribution in [0.5, 0.6) is 5.75 Å². The van der Waals surface area contributed by atoms with Crippen LogP contribution in [-0.4, -0.2) is 35.5 Å². The molecule has 2 N–H and O–H groups in total. The number of carbonyl (C=O) groups excluding carboxylic acids is 2. The largest absolute Gasteiger partial charge is 0.497 e. The Labute approximate surface area is 205 Å². The number of benzene rings is 2. The maximum absolute atomic E-state index is 13.3. The molecule has 2 amide bonds. The summed E-state index contributed by atoms with van der Waals surface area (Å²) >= 11 is 0. The third-order valence-corrected chi connectivity index (χ3v) is 5.86. The smallest absolute Gasteiger partial charge is 0.416 e. The number of nitrogens with zero attached hydrogens (tertiary/aromatic N) is 2. The summed E-state index contributed by atoms with van der Waals surface area (Å²) in [7, 11) is 1.57. The summed E-state index contributed by atoms with van der Waals surface area (Å²) in [5, 5.41) is 9.58. The fourth-order valence-electron chi connectivity index (χ4n) is 4.25. The van der Waals surface area contributed by atoms with Gasteiger partial charge in [-0.05, 0) is 54.7 Å². The highest BCUT2D eigenvalue weighted by Crippen LogP contribution is 2.40. The van der Waals surface area contributed by atoms with E-state index in [0.29, 0.717) is 24.3 Å². The number of fused-ring (bicyclic) bond motifs is 1. The lowest BCUT2D eigenvalue weighted by Crippen LogP contribution is -2.32. The third kappa shape index (κ3) is 5.45. The molecule has 1 unspecified atom stereocenters. The first-order valence-electron chi connectivity index (χ1n) is 11.3. The van der Waals surface area contributed by atoms with Gasteiger partial charge in [-0.3, -0.25) is 4.68 Å². The SMILES string of the molecule is CCOC(=O)c1nn(Cc2ccc(OC)cc2)cc1NC(=O)NC1CCc2c1cccc2C(F)(F)F. The van der Waals surface area contributed by atoms with Gasteiger partial charge in [0.15, 0.2) is 5.69 Å². The number of halogens is 3. The number of ether oxygens (including phenoxy) is 2. The lowest BCUT2D eigenvalue weighted by molar-refractivity contribution is -0.138. The number of esters is 1. The molecular weight excluding hydrogens is 477 g/mol. The van der Waals surface area contributed by atoms with Crippen molar-refractivity contribution in [3.63, 3.8) is 0 Å². The van der Waals surface area contributed by atoms with Gasteiger partial charge in [-0.15, -0.1) is 0 Å². The van der Waals surface area contributed by atoms with E-state index in [1.807, 2.05) is 12.1 Å². The predicted molar refractivity (Wildman–Crippen MR) is 125 cm³/mol. The first-order chi connectivity index (χ1) is 17.2. The summed E-state index contributed by atoms with van der Waals surface area (Å²) in [6.45, 7) is 2.09. The van der Waals surface area contributed by atoms with Gasteiger partial charge in [-0.25, -0.2) is 9.59 Å². The number of hydrogen-bond acceptors (Lipinski definition) is 5. The molecule has 0 aliphatic heterocycles. The number of nitrogens with one attached hydrogen (secondary N) is 2. The Morgan fingerprint density at radius 3 is 2.58 bits per heavy atom. The number of alkyl halides is 3. The number of anilines is 1. The van der Waals surface area contributed by atoms with Crippen LogP contribution in [0.2, 0.25) is 0 Å². The van der Waals surface area contributed by atoms with Crippen LogP contribution in [0.1, 0.15) is 52.1 Å². The Morgan fingerprint density at radius 2 is 1.92 bits per heavy atom. The Hall–Kier alpha value is -4.02. The van der Waals surface area contributed by atoms with Gasteiger partial charge in [-0.2, -0.15) is 18.3 Å². The Kier molecular flexibility index (Phi) is 7.18. The molecule has 36 heavy (non-hydrogen) atoms. The quantitative estimate of drug-likeness (QED) is 0.446. The van der Waals surface area contributed by atoms with Gasteiger partial charge in [0.25, 0.3) is 0 Å². The zero-order valence-electron chi connectivity index (χ0n) is 19.7. The van der Waals surface area contributed by atoms with Crippen LogP contribution in [0.25, 0.3) is 0 Å². The Bertz CT molecular complexity index is 1260. The summed E-state index contributed by atoms with van der Waals surface area (Å²) in [6.07, 6.45) is -2.43. The molecule has 0 bridgehead atoms. The highest BCUT2D eigenvalue weighted by molar-refractivity contribution is 5.99. The molecule has 8 nitrogen and oxygen atoms in total. The van der Waals surface area contributed by atoms with Crippen molar-refractivity contribution in [3.05, 3.63) is 76.6 Å². The molecule has 1 aliphatic rings. The van der Waals surface area contributed by atoms with Gasteiger partial charge >= 0.3 is 18.2 Å². The molecule has 4 rings (SSSR count). The Morgan fingerprint density at radius 1 is 1.17 bits per heavy atom. The van der Waals surface area contributed by atoms with E-state index in [1.165, 1.54) is 16.9 Å². The fraction of sp³-hybridized carbons (Fsp3) is 0.320. The number of aromatic nitrogens is 2. The minimum Gasteiger partial charge on any atom is -0.497 e. The van der Waals surface area contributed by atoms with Gasteiger partial charge in [-0.1, -0.05) is 24.3 Å². The molecular formula is C25H25F3N4O4. The second-order valence-corrected chi connectivity index (χ2v) is 8.22. The molecule has 190 valence electrons. The van der Waals surface area contributed by atoms with Crippen molar-refractivity contribution in [2.24, 2.45) is 0 Å². The molecule has 1 aliphatic carbocycles. The second-order valence-electron chi connectivity index (χ2n) is 8.22. The van der Waals surface area contributed by atoms with E-state index in [-0.39, 0.29) is 30.0 Å². The van der Waals surface area contributed by atoms with Crippen LogP contribution < -0.4 is 15.4 Å². The number of methoxy groups -OCH3 is 1. The van der Waals surface area contributed by atoms with E-state index in [2.05, 4.69) is 15.7 Å². The lowest BCUT2D eigenvalue weighted by Gasteiger charge is -2.16. The van der Waals surface area contributed by atoms with E-state index < -0.39 is 29.8 Å². The highest BCUT2D eigenvalue weighted by Gasteiger charge is 2.37. The van der Waals surface area contributed by atoms with Crippen LogP contribution in [0, 0.1) is 0 Å². The molecule has 1 heterocycles. The van der Waals surface area contributed by atoms with E-state index >= 15 is 0 Å². The maximum atomic E-state index is 13.3. The molecule has 0 saturated heterocycles. The normalized spacial score (nSPS) is 14.8. The average Bonchev–Trinajstić information content (AvgIpc) is 3.43. The predicted octanol–water partition coefficient (Wildman–Crippen LogP) is 4.94. The van der Waals surface area contributed by atoms with Crippen molar-refractivity contribution in [2.45, 2.75) is 38.5 Å². The molecule has 3 aromatic rings. The molecule has 1 aromatic heterocycles. The number of urea groups is 1. The summed E-state index contributed by atoms with van der Waals surface area (Å²) in [5.41, 5.74) is 0.867. The van der Waals surface area contributed by atoms with E-state index in [0.717, 1.165) is 11.6 Å². The third-order valence-electron chi connectivity index (χ3n) is 5.86. The summed E-state index contributed by atoms with van der Waals surface area (Å²) in [4.78, 5) is 25.2. The topological polar surface area (TPSA) is 94.5 Å². The van der Waals surface area contributed by atoms with Crippen molar-refractivity contribution in [2.75, 3.05) is 19.0 Å². The Balaban J connectivity index is 1.51. The van der Waals surface area contributed by atoms with Gasteiger partial charge in [0.05, 0.1) is 37.6 Å². The zero-order valence-corrected chi connectivity index (χ0v) is 19.7. The fourth-order valence-corrected chi connectivity index (χ4v) is 4.25. The lowest BCUT2D eigenvalue weighted by atomic mass is 10.0. The molecule has 0 spiro atoms. The standard InChI is InChI=1S/C25H25F3N4O4/c1-3-36-23(33)22-21(14-32(31-22)13-15-7-9-16(35-2)10-8-15)30-24(34)29-20-12-11-17-18(20)5-4-6-19(17)25(26,27)28/h4-10,14,20H,3,11-13H2,1-2H3,(H2,29,30,34). The number of rotatable bonds is 7. The van der Waals surface area contributed by atoms with Crippen LogP contribution in [0.4, 0.5) is 23.7 Å².